The third kappa shape index (κ3) is 4.75. The summed E-state index contributed by atoms with van der Waals surface area (Å²) in [6, 6.07) is 11.5. The second-order valence-corrected chi connectivity index (χ2v) is 8.93. The summed E-state index contributed by atoms with van der Waals surface area (Å²) in [6.45, 7) is 1.36. The molecular weight excluding hydrogens is 385 g/mol. The average molecular weight is 405 g/mol. The summed E-state index contributed by atoms with van der Waals surface area (Å²) in [5.74, 6) is -1.40. The fraction of sp³-hybridized carbons (Fsp3) is 0.300. The Bertz CT molecular complexity index is 988. The topological polar surface area (TPSA) is 80.8 Å². The van der Waals surface area contributed by atoms with Crippen molar-refractivity contribution in [3.05, 3.63) is 65.5 Å². The highest BCUT2D eigenvalue weighted by Crippen LogP contribution is 2.26. The van der Waals surface area contributed by atoms with Gasteiger partial charge in [0, 0.05) is 19.5 Å². The number of amides is 1. The molecule has 6 nitrogen and oxygen atoms in total. The number of rotatable bonds is 5. The van der Waals surface area contributed by atoms with Gasteiger partial charge in [0.05, 0.1) is 17.1 Å². The Morgan fingerprint density at radius 1 is 1.14 bits per heavy atom. The van der Waals surface area contributed by atoms with Crippen LogP contribution >= 0.6 is 0 Å². The zero-order valence-corrected chi connectivity index (χ0v) is 16.1. The van der Waals surface area contributed by atoms with E-state index in [2.05, 4.69) is 0 Å². The molecule has 148 valence electrons. The summed E-state index contributed by atoms with van der Waals surface area (Å²) in [4.78, 5) is 26.1. The number of ether oxygens (including phenoxy) is 1. The van der Waals surface area contributed by atoms with Gasteiger partial charge in [-0.25, -0.2) is 12.8 Å². The Balaban J connectivity index is 1.95. The number of sulfone groups is 1. The lowest BCUT2D eigenvalue weighted by Gasteiger charge is -2.29. The van der Waals surface area contributed by atoms with E-state index in [-0.39, 0.29) is 29.4 Å². The molecule has 1 saturated heterocycles. The number of carbonyl (C=O) groups excluding carboxylic acids is 2. The maximum atomic E-state index is 13.3. The van der Waals surface area contributed by atoms with Crippen molar-refractivity contribution < 1.29 is 27.1 Å². The van der Waals surface area contributed by atoms with Crippen LogP contribution in [0.2, 0.25) is 0 Å². The van der Waals surface area contributed by atoms with Gasteiger partial charge in [-0.2, -0.15) is 0 Å². The molecule has 0 saturated carbocycles. The number of benzene rings is 2. The molecule has 0 bridgehead atoms. The molecular formula is C20H20FNO5S. The standard InChI is InChI=1S/C20H20FNO5S/c1-14(23)27-19-5-3-2-4-18(19)20(24)22(17-10-11-28(25,26)13-17)12-15-6-8-16(21)9-7-15/h2-9,17H,10-13H2,1H3. The van der Waals surface area contributed by atoms with Crippen LogP contribution in [-0.4, -0.2) is 42.7 Å². The van der Waals surface area contributed by atoms with E-state index < -0.39 is 33.6 Å². The fourth-order valence-electron chi connectivity index (χ4n) is 3.22. The minimum atomic E-state index is -3.22. The molecule has 0 radical (unpaired) electrons. The lowest BCUT2D eigenvalue weighted by Crippen LogP contribution is -2.40. The van der Waals surface area contributed by atoms with Gasteiger partial charge in [0.1, 0.15) is 11.6 Å². The van der Waals surface area contributed by atoms with Gasteiger partial charge in [-0.3, -0.25) is 9.59 Å². The smallest absolute Gasteiger partial charge is 0.308 e. The lowest BCUT2D eigenvalue weighted by molar-refractivity contribution is -0.131. The molecule has 1 fully saturated rings. The molecule has 1 aliphatic heterocycles. The molecule has 1 heterocycles. The summed E-state index contributed by atoms with van der Waals surface area (Å²) in [5.41, 5.74) is 0.841. The van der Waals surface area contributed by atoms with Crippen LogP contribution in [0.5, 0.6) is 5.75 Å². The molecule has 28 heavy (non-hydrogen) atoms. The van der Waals surface area contributed by atoms with Crippen LogP contribution in [0.25, 0.3) is 0 Å². The molecule has 0 aliphatic carbocycles. The van der Waals surface area contributed by atoms with Crippen LogP contribution in [0.4, 0.5) is 4.39 Å². The normalized spacial score (nSPS) is 17.9. The molecule has 0 N–H and O–H groups in total. The minimum absolute atomic E-state index is 0.0104. The van der Waals surface area contributed by atoms with Gasteiger partial charge in [0.2, 0.25) is 0 Å². The molecule has 3 rings (SSSR count). The first kappa shape index (κ1) is 20.0. The molecule has 0 spiro atoms. The van der Waals surface area contributed by atoms with Crippen LogP contribution in [0.1, 0.15) is 29.3 Å². The summed E-state index contributed by atoms with van der Waals surface area (Å²) < 4.78 is 42.3. The molecule has 1 aliphatic rings. The third-order valence-electron chi connectivity index (χ3n) is 4.55. The van der Waals surface area contributed by atoms with E-state index in [1.165, 1.54) is 36.1 Å². The largest absolute Gasteiger partial charge is 0.426 e. The number of hydrogen-bond donors (Lipinski definition) is 0. The van der Waals surface area contributed by atoms with E-state index in [0.717, 1.165) is 0 Å². The number of carbonyl (C=O) groups is 2. The zero-order valence-electron chi connectivity index (χ0n) is 15.3. The van der Waals surface area contributed by atoms with Gasteiger partial charge in [-0.15, -0.1) is 0 Å². The van der Waals surface area contributed by atoms with Crippen molar-refractivity contribution >= 4 is 21.7 Å². The number of halogens is 1. The van der Waals surface area contributed by atoms with Gasteiger partial charge < -0.3 is 9.64 Å². The summed E-state index contributed by atoms with van der Waals surface area (Å²) in [7, 11) is -3.22. The first-order valence-electron chi connectivity index (χ1n) is 8.78. The average Bonchev–Trinajstić information content (AvgIpc) is 3.00. The fourth-order valence-corrected chi connectivity index (χ4v) is 4.95. The second kappa shape index (κ2) is 8.10. The molecule has 0 aromatic heterocycles. The number of esters is 1. The van der Waals surface area contributed by atoms with Gasteiger partial charge in [0.15, 0.2) is 9.84 Å². The molecule has 2 aromatic rings. The molecule has 8 heteroatoms. The first-order chi connectivity index (χ1) is 13.2. The highest BCUT2D eigenvalue weighted by Gasteiger charge is 2.35. The second-order valence-electron chi connectivity index (χ2n) is 6.71. The monoisotopic (exact) mass is 405 g/mol. The van der Waals surface area contributed by atoms with Crippen molar-refractivity contribution in [3.63, 3.8) is 0 Å². The van der Waals surface area contributed by atoms with E-state index in [9.17, 15) is 22.4 Å². The summed E-state index contributed by atoms with van der Waals surface area (Å²) >= 11 is 0. The summed E-state index contributed by atoms with van der Waals surface area (Å²) in [5, 5.41) is 0. The van der Waals surface area contributed by atoms with Gasteiger partial charge in [-0.05, 0) is 36.2 Å². The first-order valence-corrected chi connectivity index (χ1v) is 10.6. The Morgan fingerprint density at radius 2 is 1.82 bits per heavy atom. The van der Waals surface area contributed by atoms with E-state index in [1.54, 1.807) is 24.3 Å². The molecule has 1 unspecified atom stereocenters. The van der Waals surface area contributed by atoms with Crippen molar-refractivity contribution in [3.8, 4) is 5.75 Å². The van der Waals surface area contributed by atoms with Crippen molar-refractivity contribution in [2.75, 3.05) is 11.5 Å². The Labute approximate surface area is 162 Å². The van der Waals surface area contributed by atoms with Crippen LogP contribution in [0.3, 0.4) is 0 Å². The van der Waals surface area contributed by atoms with Crippen molar-refractivity contribution in [1.29, 1.82) is 0 Å². The Kier molecular flexibility index (Phi) is 5.79. The third-order valence-corrected chi connectivity index (χ3v) is 6.30. The Hall–Kier alpha value is -2.74. The van der Waals surface area contributed by atoms with E-state index in [4.69, 9.17) is 4.74 Å². The Morgan fingerprint density at radius 3 is 2.43 bits per heavy atom. The lowest BCUT2D eigenvalue weighted by atomic mass is 10.1. The maximum absolute atomic E-state index is 13.3. The predicted octanol–water partition coefficient (Wildman–Crippen LogP) is 2.58. The maximum Gasteiger partial charge on any atom is 0.308 e. The highest BCUT2D eigenvalue weighted by atomic mass is 32.2. The summed E-state index contributed by atoms with van der Waals surface area (Å²) in [6.07, 6.45) is 0.324. The van der Waals surface area contributed by atoms with Crippen molar-refractivity contribution in [1.82, 2.24) is 4.90 Å². The molecule has 1 atom stereocenters. The number of hydrogen-bond acceptors (Lipinski definition) is 5. The van der Waals surface area contributed by atoms with Crippen molar-refractivity contribution in [2.45, 2.75) is 25.9 Å². The van der Waals surface area contributed by atoms with Gasteiger partial charge >= 0.3 is 5.97 Å². The predicted molar refractivity (Wildman–Crippen MR) is 101 cm³/mol. The number of nitrogens with zero attached hydrogens (tertiary/aromatic N) is 1. The SMILES string of the molecule is CC(=O)Oc1ccccc1C(=O)N(Cc1ccc(F)cc1)C1CCS(=O)(=O)C1. The molecule has 1 amide bonds. The van der Waals surface area contributed by atoms with Crippen molar-refractivity contribution in [2.24, 2.45) is 0 Å². The highest BCUT2D eigenvalue weighted by molar-refractivity contribution is 7.91. The van der Waals surface area contributed by atoms with Gasteiger partial charge in [-0.1, -0.05) is 24.3 Å². The van der Waals surface area contributed by atoms with E-state index in [0.29, 0.717) is 12.0 Å². The number of para-hydroxylation sites is 1. The van der Waals surface area contributed by atoms with Crippen LogP contribution in [-0.2, 0) is 21.2 Å². The van der Waals surface area contributed by atoms with Crippen LogP contribution in [0, 0.1) is 5.82 Å². The van der Waals surface area contributed by atoms with E-state index in [1.807, 2.05) is 0 Å². The minimum Gasteiger partial charge on any atom is -0.426 e. The van der Waals surface area contributed by atoms with Crippen LogP contribution < -0.4 is 4.74 Å². The quantitative estimate of drug-likeness (QED) is 0.564. The van der Waals surface area contributed by atoms with Crippen LogP contribution in [0.15, 0.2) is 48.5 Å². The zero-order chi connectivity index (χ0) is 20.3. The van der Waals surface area contributed by atoms with Gasteiger partial charge in [0.25, 0.3) is 5.91 Å². The molecule has 2 aromatic carbocycles. The van der Waals surface area contributed by atoms with E-state index >= 15 is 0 Å².